The Kier molecular flexibility index (Phi) is 6.13. The predicted molar refractivity (Wildman–Crippen MR) is 109 cm³/mol. The summed E-state index contributed by atoms with van der Waals surface area (Å²) in [6.07, 6.45) is 0. The summed E-state index contributed by atoms with van der Waals surface area (Å²) in [5, 5.41) is 8.78. The third kappa shape index (κ3) is 4.72. The molecular formula is C16H16N4O3S4. The molecule has 4 bridgehead atoms. The molecule has 0 aliphatic carbocycles. The van der Waals surface area contributed by atoms with Crippen molar-refractivity contribution in [2.24, 2.45) is 0 Å². The molecule has 0 spiro atoms. The van der Waals surface area contributed by atoms with E-state index in [1.165, 1.54) is 43.2 Å². The minimum atomic E-state index is -0.0774. The molecule has 142 valence electrons. The van der Waals surface area contributed by atoms with Crippen LogP contribution in [0.4, 0.5) is 0 Å². The maximum atomic E-state index is 12.1. The molecule has 7 nitrogen and oxygen atoms in total. The van der Waals surface area contributed by atoms with E-state index in [2.05, 4.69) is 22.3 Å². The van der Waals surface area contributed by atoms with Gasteiger partial charge < -0.3 is 4.74 Å². The van der Waals surface area contributed by atoms with Crippen molar-refractivity contribution in [3.63, 3.8) is 0 Å². The summed E-state index contributed by atoms with van der Waals surface area (Å²) in [5.74, 6) is 1.48. The summed E-state index contributed by atoms with van der Waals surface area (Å²) in [6, 6.07) is 8.20. The minimum Gasteiger partial charge on any atom is -0.378 e. The molecule has 0 radical (unpaired) electrons. The Bertz CT molecular complexity index is 957. The van der Waals surface area contributed by atoms with Gasteiger partial charge in [0, 0.05) is 11.5 Å². The fraction of sp³-hybridized carbons (Fsp3) is 0.375. The van der Waals surface area contributed by atoms with Gasteiger partial charge in [-0.05, 0) is 33.8 Å². The van der Waals surface area contributed by atoms with Crippen molar-refractivity contribution in [3.05, 3.63) is 54.7 Å². The normalized spacial score (nSPS) is 15.9. The van der Waals surface area contributed by atoms with Crippen LogP contribution in [-0.2, 0) is 29.3 Å². The zero-order valence-corrected chi connectivity index (χ0v) is 17.5. The van der Waals surface area contributed by atoms with Gasteiger partial charge in [-0.25, -0.2) is 9.36 Å². The van der Waals surface area contributed by atoms with Crippen LogP contribution in [0, 0.1) is 0 Å². The van der Waals surface area contributed by atoms with Crippen molar-refractivity contribution in [2.75, 3.05) is 13.2 Å². The van der Waals surface area contributed by atoms with E-state index in [9.17, 15) is 9.59 Å². The first-order valence-electron chi connectivity index (χ1n) is 8.25. The summed E-state index contributed by atoms with van der Waals surface area (Å²) in [7, 11) is 0. The first kappa shape index (κ1) is 18.9. The quantitative estimate of drug-likeness (QED) is 0.531. The fourth-order valence-electron chi connectivity index (χ4n) is 2.50. The molecule has 27 heavy (non-hydrogen) atoms. The standard InChI is InChI=1S/C16H16N4O3S4/c21-15-19-5-7-23-8-6-20-16(22)27-14(18-20)25-10-12-4-2-1-3-11(12)9-24-13(17-19)26-15/h1-4H,5-10H2. The summed E-state index contributed by atoms with van der Waals surface area (Å²) >= 11 is 5.47. The maximum absolute atomic E-state index is 12.1. The second kappa shape index (κ2) is 8.74. The van der Waals surface area contributed by atoms with E-state index in [-0.39, 0.29) is 9.75 Å². The molecule has 0 saturated carbocycles. The Hall–Kier alpha value is -1.40. The number of hydrogen-bond donors (Lipinski definition) is 0. The molecule has 0 atom stereocenters. The molecular weight excluding hydrogens is 424 g/mol. The summed E-state index contributed by atoms with van der Waals surface area (Å²) in [6.45, 7) is 1.55. The lowest BCUT2D eigenvalue weighted by Gasteiger charge is -2.07. The second-order valence-corrected chi connectivity index (χ2v) is 10.00. The zero-order chi connectivity index (χ0) is 18.6. The Labute approximate surface area is 171 Å². The van der Waals surface area contributed by atoms with Crippen LogP contribution < -0.4 is 9.75 Å². The summed E-state index contributed by atoms with van der Waals surface area (Å²) in [4.78, 5) is 24.0. The Morgan fingerprint density at radius 2 is 1.30 bits per heavy atom. The topological polar surface area (TPSA) is 79.0 Å². The van der Waals surface area contributed by atoms with Crippen LogP contribution in [-0.4, -0.2) is 32.8 Å². The zero-order valence-electron chi connectivity index (χ0n) is 14.2. The molecule has 0 saturated heterocycles. The van der Waals surface area contributed by atoms with Crippen LogP contribution in [0.2, 0.25) is 0 Å². The first-order chi connectivity index (χ1) is 13.2. The van der Waals surface area contributed by atoms with Crippen molar-refractivity contribution < 1.29 is 4.74 Å². The third-order valence-electron chi connectivity index (χ3n) is 3.89. The Balaban J connectivity index is 1.60. The van der Waals surface area contributed by atoms with Gasteiger partial charge in [-0.2, -0.15) is 10.2 Å². The lowest BCUT2D eigenvalue weighted by atomic mass is 10.1. The number of hydrogen-bond acceptors (Lipinski definition) is 9. The van der Waals surface area contributed by atoms with Crippen LogP contribution in [0.1, 0.15) is 11.1 Å². The molecule has 4 rings (SSSR count). The van der Waals surface area contributed by atoms with Gasteiger partial charge in [0.1, 0.15) is 0 Å². The smallest absolute Gasteiger partial charge is 0.325 e. The van der Waals surface area contributed by atoms with Gasteiger partial charge in [-0.3, -0.25) is 9.59 Å². The van der Waals surface area contributed by atoms with Crippen LogP contribution in [0.5, 0.6) is 0 Å². The Morgan fingerprint density at radius 1 is 0.815 bits per heavy atom. The predicted octanol–water partition coefficient (Wildman–Crippen LogP) is 2.54. The average Bonchev–Trinajstić information content (AvgIpc) is 3.20. The van der Waals surface area contributed by atoms with E-state index in [1.807, 2.05) is 12.1 Å². The maximum Gasteiger partial charge on any atom is 0.325 e. The highest BCUT2D eigenvalue weighted by Gasteiger charge is 2.12. The van der Waals surface area contributed by atoms with E-state index >= 15 is 0 Å². The Morgan fingerprint density at radius 3 is 1.78 bits per heavy atom. The van der Waals surface area contributed by atoms with Gasteiger partial charge in [-0.15, -0.1) is 0 Å². The van der Waals surface area contributed by atoms with Gasteiger partial charge in [0.15, 0.2) is 8.68 Å². The highest BCUT2D eigenvalue weighted by atomic mass is 32.2. The number of aromatic nitrogens is 4. The molecule has 0 amide bonds. The molecule has 1 aliphatic heterocycles. The van der Waals surface area contributed by atoms with Crippen LogP contribution in [0.3, 0.4) is 0 Å². The molecule has 3 aromatic rings. The van der Waals surface area contributed by atoms with Gasteiger partial charge >= 0.3 is 9.75 Å². The number of ether oxygens (including phenoxy) is 1. The number of rotatable bonds is 0. The summed E-state index contributed by atoms with van der Waals surface area (Å²) in [5.41, 5.74) is 2.40. The second-order valence-electron chi connectivity index (χ2n) is 5.67. The van der Waals surface area contributed by atoms with E-state index in [0.29, 0.717) is 26.3 Å². The fourth-order valence-corrected chi connectivity index (χ4v) is 6.23. The number of fused-ring (bicyclic) bond motifs is 5. The molecule has 0 unspecified atom stereocenters. The molecule has 0 fully saturated rings. The van der Waals surface area contributed by atoms with Crippen molar-refractivity contribution in [1.29, 1.82) is 0 Å². The van der Waals surface area contributed by atoms with Crippen LogP contribution >= 0.6 is 46.2 Å². The molecule has 0 N–H and O–H groups in total. The van der Waals surface area contributed by atoms with Crippen molar-refractivity contribution >= 4 is 46.2 Å². The molecule has 1 aliphatic rings. The first-order valence-corrected chi connectivity index (χ1v) is 11.9. The summed E-state index contributed by atoms with van der Waals surface area (Å²) < 4.78 is 9.97. The van der Waals surface area contributed by atoms with Crippen molar-refractivity contribution in [3.8, 4) is 0 Å². The molecule has 2 aromatic heterocycles. The van der Waals surface area contributed by atoms with Crippen molar-refractivity contribution in [2.45, 2.75) is 33.3 Å². The van der Waals surface area contributed by atoms with E-state index in [1.54, 1.807) is 23.5 Å². The lowest BCUT2D eigenvalue weighted by molar-refractivity contribution is 0.112. The monoisotopic (exact) mass is 440 g/mol. The van der Waals surface area contributed by atoms with E-state index < -0.39 is 0 Å². The highest BCUT2D eigenvalue weighted by Crippen LogP contribution is 2.29. The average molecular weight is 441 g/mol. The van der Waals surface area contributed by atoms with Crippen LogP contribution in [0.15, 0.2) is 42.5 Å². The third-order valence-corrected chi connectivity index (χ3v) is 7.95. The number of benzene rings is 1. The van der Waals surface area contributed by atoms with Gasteiger partial charge in [0.25, 0.3) is 0 Å². The van der Waals surface area contributed by atoms with E-state index in [0.717, 1.165) is 20.2 Å². The van der Waals surface area contributed by atoms with Gasteiger partial charge in [0.05, 0.1) is 26.3 Å². The minimum absolute atomic E-state index is 0.0774. The van der Waals surface area contributed by atoms with Crippen LogP contribution in [0.25, 0.3) is 0 Å². The highest BCUT2D eigenvalue weighted by molar-refractivity contribution is 8.00. The molecule has 1 aromatic carbocycles. The van der Waals surface area contributed by atoms with Gasteiger partial charge in [-0.1, -0.05) is 47.8 Å². The molecule has 11 heteroatoms. The largest absolute Gasteiger partial charge is 0.378 e. The van der Waals surface area contributed by atoms with E-state index in [4.69, 9.17) is 4.74 Å². The number of thioether (sulfide) groups is 2. The SMILES string of the molecule is O=c1sc2nn1CCOCCn1nc(sc1=O)SCc1ccccc1CS2. The molecule has 3 heterocycles. The lowest BCUT2D eigenvalue weighted by Crippen LogP contribution is -2.21. The number of nitrogens with zero attached hydrogens (tertiary/aromatic N) is 4. The van der Waals surface area contributed by atoms with Crippen molar-refractivity contribution in [1.82, 2.24) is 19.6 Å². The van der Waals surface area contributed by atoms with Gasteiger partial charge in [0.2, 0.25) is 0 Å².